The zero-order valence-corrected chi connectivity index (χ0v) is 11.4. The molecule has 0 atom stereocenters. The van der Waals surface area contributed by atoms with Crippen molar-refractivity contribution in [2.75, 3.05) is 0 Å². The van der Waals surface area contributed by atoms with Gasteiger partial charge in [0.05, 0.1) is 0 Å². The van der Waals surface area contributed by atoms with Crippen LogP contribution in [0.15, 0.2) is 66.7 Å². The highest BCUT2D eigenvalue weighted by Gasteiger charge is 2.39. The summed E-state index contributed by atoms with van der Waals surface area (Å²) >= 11 is 0. The normalized spacial score (nSPS) is 11.6. The summed E-state index contributed by atoms with van der Waals surface area (Å²) in [6, 6.07) is 18.9. The van der Waals surface area contributed by atoms with Crippen LogP contribution in [-0.4, -0.2) is 12.0 Å². The average molecular weight is 300 g/mol. The van der Waals surface area contributed by atoms with Gasteiger partial charge in [-0.1, -0.05) is 60.7 Å². The van der Waals surface area contributed by atoms with E-state index in [2.05, 4.69) is 0 Å². The van der Waals surface area contributed by atoms with Crippen molar-refractivity contribution in [2.45, 2.75) is 6.18 Å². The van der Waals surface area contributed by atoms with Crippen molar-refractivity contribution in [3.05, 3.63) is 72.3 Å². The summed E-state index contributed by atoms with van der Waals surface area (Å²) in [5.41, 5.74) is 1.04. The molecule has 3 aromatic carbocycles. The van der Waals surface area contributed by atoms with Crippen molar-refractivity contribution in [1.82, 2.24) is 0 Å². The van der Waals surface area contributed by atoms with Gasteiger partial charge < -0.3 is 0 Å². The molecular formula is C18H11F3O. The number of alkyl halides is 3. The third kappa shape index (κ3) is 2.60. The number of carbonyl (C=O) groups excluding carboxylic acids is 1. The summed E-state index contributed by atoms with van der Waals surface area (Å²) in [5, 5.41) is 1.93. The number of halogens is 3. The molecule has 3 rings (SSSR count). The van der Waals surface area contributed by atoms with Crippen LogP contribution in [0.1, 0.15) is 10.4 Å². The van der Waals surface area contributed by atoms with Gasteiger partial charge in [-0.05, 0) is 28.0 Å². The Morgan fingerprint density at radius 1 is 0.818 bits per heavy atom. The number of ketones is 1. The van der Waals surface area contributed by atoms with Crippen molar-refractivity contribution in [3.8, 4) is 11.1 Å². The van der Waals surface area contributed by atoms with E-state index in [1.807, 2.05) is 42.5 Å². The Labute approximate surface area is 125 Å². The van der Waals surface area contributed by atoms with Gasteiger partial charge in [-0.3, -0.25) is 4.79 Å². The fourth-order valence-corrected chi connectivity index (χ4v) is 2.47. The molecule has 0 aliphatic rings. The molecule has 0 amide bonds. The number of fused-ring (bicyclic) bond motifs is 1. The Kier molecular flexibility index (Phi) is 3.45. The number of rotatable bonds is 2. The summed E-state index contributed by atoms with van der Waals surface area (Å²) in [6.45, 7) is 0. The van der Waals surface area contributed by atoms with Gasteiger partial charge in [-0.25, -0.2) is 0 Å². The van der Waals surface area contributed by atoms with E-state index >= 15 is 0 Å². The quantitative estimate of drug-likeness (QED) is 0.591. The third-order valence-corrected chi connectivity index (χ3v) is 3.48. The Bertz CT molecular complexity index is 845. The lowest BCUT2D eigenvalue weighted by Gasteiger charge is -2.09. The lowest BCUT2D eigenvalue weighted by molar-refractivity contribution is -0.0885. The molecule has 0 unspecified atom stereocenters. The Morgan fingerprint density at radius 3 is 2.27 bits per heavy atom. The second-order valence-electron chi connectivity index (χ2n) is 4.93. The second-order valence-corrected chi connectivity index (χ2v) is 4.93. The maximum absolute atomic E-state index is 12.6. The first-order valence-electron chi connectivity index (χ1n) is 6.66. The molecule has 0 heterocycles. The van der Waals surface area contributed by atoms with Gasteiger partial charge in [0.15, 0.2) is 0 Å². The molecule has 0 radical (unpaired) electrons. The fourth-order valence-electron chi connectivity index (χ4n) is 2.47. The molecule has 4 heteroatoms. The van der Waals surface area contributed by atoms with Gasteiger partial charge in [-0.15, -0.1) is 0 Å². The Hall–Kier alpha value is -2.62. The number of Topliss-reactive ketones (excluding diaryl/α,β-unsaturated/α-hetero) is 1. The molecule has 0 fully saturated rings. The first kappa shape index (κ1) is 14.3. The highest BCUT2D eigenvalue weighted by atomic mass is 19.4. The minimum atomic E-state index is -4.86. The van der Waals surface area contributed by atoms with Crippen LogP contribution in [0, 0.1) is 0 Å². The monoisotopic (exact) mass is 300 g/mol. The highest BCUT2D eigenvalue weighted by molar-refractivity contribution is 6.02. The largest absolute Gasteiger partial charge is 0.454 e. The van der Waals surface area contributed by atoms with Crippen LogP contribution in [-0.2, 0) is 0 Å². The molecule has 0 N–H and O–H groups in total. The Balaban J connectivity index is 2.14. The van der Waals surface area contributed by atoms with Crippen LogP contribution < -0.4 is 0 Å². The smallest absolute Gasteiger partial charge is 0.284 e. The van der Waals surface area contributed by atoms with Crippen LogP contribution in [0.5, 0.6) is 0 Å². The van der Waals surface area contributed by atoms with Gasteiger partial charge in [-0.2, -0.15) is 13.2 Å². The Morgan fingerprint density at radius 2 is 1.50 bits per heavy atom. The van der Waals surface area contributed by atoms with E-state index < -0.39 is 12.0 Å². The SMILES string of the molecule is O=C(c1cccc(-c2cccc3ccccc23)c1)C(F)(F)F. The zero-order valence-electron chi connectivity index (χ0n) is 11.4. The van der Waals surface area contributed by atoms with Gasteiger partial charge >= 0.3 is 6.18 Å². The van der Waals surface area contributed by atoms with Gasteiger partial charge in [0, 0.05) is 5.56 Å². The van der Waals surface area contributed by atoms with E-state index in [4.69, 9.17) is 0 Å². The van der Waals surface area contributed by atoms with Crippen molar-refractivity contribution in [2.24, 2.45) is 0 Å². The molecule has 0 bridgehead atoms. The summed E-state index contributed by atoms with van der Waals surface area (Å²) in [4.78, 5) is 11.4. The van der Waals surface area contributed by atoms with E-state index in [0.29, 0.717) is 5.56 Å². The highest BCUT2D eigenvalue weighted by Crippen LogP contribution is 2.30. The summed E-state index contributed by atoms with van der Waals surface area (Å²) in [7, 11) is 0. The minimum absolute atomic E-state index is 0.349. The summed E-state index contributed by atoms with van der Waals surface area (Å²) in [6.07, 6.45) is -4.86. The molecule has 3 aromatic rings. The number of benzene rings is 3. The molecule has 0 saturated heterocycles. The summed E-state index contributed by atoms with van der Waals surface area (Å²) in [5.74, 6) is -1.82. The third-order valence-electron chi connectivity index (χ3n) is 3.48. The predicted molar refractivity (Wildman–Crippen MR) is 79.8 cm³/mol. The van der Waals surface area contributed by atoms with E-state index in [9.17, 15) is 18.0 Å². The molecule has 1 nitrogen and oxygen atoms in total. The van der Waals surface area contributed by atoms with Gasteiger partial charge in [0.25, 0.3) is 5.78 Å². The van der Waals surface area contributed by atoms with Gasteiger partial charge in [0.2, 0.25) is 0 Å². The van der Waals surface area contributed by atoms with Crippen LogP contribution in [0.4, 0.5) is 13.2 Å². The van der Waals surface area contributed by atoms with Crippen LogP contribution >= 0.6 is 0 Å². The molecule has 0 saturated carbocycles. The van der Waals surface area contributed by atoms with E-state index in [-0.39, 0.29) is 5.56 Å². The van der Waals surface area contributed by atoms with Crippen molar-refractivity contribution < 1.29 is 18.0 Å². The molecule has 0 aromatic heterocycles. The van der Waals surface area contributed by atoms with Crippen molar-refractivity contribution in [3.63, 3.8) is 0 Å². The van der Waals surface area contributed by atoms with Crippen molar-refractivity contribution in [1.29, 1.82) is 0 Å². The van der Waals surface area contributed by atoms with E-state index in [1.165, 1.54) is 18.2 Å². The van der Waals surface area contributed by atoms with Crippen molar-refractivity contribution >= 4 is 16.6 Å². The summed E-state index contributed by atoms with van der Waals surface area (Å²) < 4.78 is 37.7. The molecule has 0 aliphatic heterocycles. The maximum Gasteiger partial charge on any atom is 0.454 e. The molecule has 0 aliphatic carbocycles. The first-order valence-corrected chi connectivity index (χ1v) is 6.66. The fraction of sp³-hybridized carbons (Fsp3) is 0.0556. The van der Waals surface area contributed by atoms with E-state index in [1.54, 1.807) is 6.07 Å². The minimum Gasteiger partial charge on any atom is -0.284 e. The predicted octanol–water partition coefficient (Wildman–Crippen LogP) is 5.25. The number of carbonyl (C=O) groups is 1. The van der Waals surface area contributed by atoms with E-state index in [0.717, 1.165) is 16.3 Å². The molecule has 110 valence electrons. The molecule has 22 heavy (non-hydrogen) atoms. The zero-order chi connectivity index (χ0) is 15.7. The lowest BCUT2D eigenvalue weighted by Crippen LogP contribution is -2.22. The first-order chi connectivity index (χ1) is 10.5. The maximum atomic E-state index is 12.6. The number of hydrogen-bond donors (Lipinski definition) is 0. The van der Waals surface area contributed by atoms with Crippen LogP contribution in [0.25, 0.3) is 21.9 Å². The molecule has 0 spiro atoms. The lowest BCUT2D eigenvalue weighted by atomic mass is 9.96. The molecular weight excluding hydrogens is 289 g/mol. The topological polar surface area (TPSA) is 17.1 Å². The second kappa shape index (κ2) is 5.30. The van der Waals surface area contributed by atoms with Crippen LogP contribution in [0.3, 0.4) is 0 Å². The number of hydrogen-bond acceptors (Lipinski definition) is 1. The van der Waals surface area contributed by atoms with Gasteiger partial charge in [0.1, 0.15) is 0 Å². The standard InChI is InChI=1S/C18H11F3O/c19-18(20,21)17(22)14-8-3-7-13(11-14)16-10-4-6-12-5-1-2-9-15(12)16/h1-11H. The van der Waals surface area contributed by atoms with Crippen LogP contribution in [0.2, 0.25) is 0 Å². The average Bonchev–Trinajstić information content (AvgIpc) is 2.53.